The molecule has 4 atom stereocenters. The summed E-state index contributed by atoms with van der Waals surface area (Å²) in [6, 6.07) is 13.3. The molecule has 2 aromatic rings. The molecule has 37 heavy (non-hydrogen) atoms. The fourth-order valence-corrected chi connectivity index (χ4v) is 9.42. The summed E-state index contributed by atoms with van der Waals surface area (Å²) < 4.78 is 6.59. The van der Waals surface area contributed by atoms with Gasteiger partial charge in [-0.25, -0.2) is 0 Å². The minimum atomic E-state index is -2.74. The summed E-state index contributed by atoms with van der Waals surface area (Å²) in [5, 5.41) is 10.2. The number of ether oxygens (including phenoxy) is 1. The fourth-order valence-electron chi connectivity index (χ4n) is 6.65. The highest BCUT2D eigenvalue weighted by molar-refractivity contribution is 6.71. The van der Waals surface area contributed by atoms with E-state index in [4.69, 9.17) is 16.3 Å². The lowest BCUT2D eigenvalue weighted by Crippen LogP contribution is -2.46. The zero-order valence-corrected chi connectivity index (χ0v) is 23.4. The van der Waals surface area contributed by atoms with E-state index in [1.54, 1.807) is 17.0 Å². The van der Waals surface area contributed by atoms with Gasteiger partial charge in [-0.05, 0) is 68.3 Å². The van der Waals surface area contributed by atoms with Crippen molar-refractivity contribution in [2.45, 2.75) is 69.5 Å². The van der Waals surface area contributed by atoms with Gasteiger partial charge >= 0.3 is 0 Å². The molecule has 2 fully saturated rings. The number of carbonyl (C=O) groups excluding carboxylic acids is 2. The highest BCUT2D eigenvalue weighted by Crippen LogP contribution is 2.60. The van der Waals surface area contributed by atoms with Gasteiger partial charge in [0.1, 0.15) is 0 Å². The van der Waals surface area contributed by atoms with Crippen LogP contribution in [0.25, 0.3) is 0 Å². The first kappa shape index (κ1) is 26.4. The molecule has 1 spiro atoms. The Hall–Kier alpha value is -2.23. The number of aliphatic hydroxyl groups excluding tert-OH is 1. The number of fused-ring (bicyclic) bond motifs is 2. The Morgan fingerprint density at radius 1 is 1.14 bits per heavy atom. The van der Waals surface area contributed by atoms with Crippen molar-refractivity contribution in [2.24, 2.45) is 5.92 Å². The van der Waals surface area contributed by atoms with Gasteiger partial charge in [-0.1, -0.05) is 30.7 Å². The quantitative estimate of drug-likeness (QED) is 0.521. The third-order valence-corrected chi connectivity index (χ3v) is 11.0. The number of nitrogens with zero attached hydrogens (tertiary/aromatic N) is 2. The molecule has 3 heterocycles. The SMILES string of the molecule is C[C@@H]1[C@@H]([Si](C)(C)O)[C@H](CCO)O[C@@]12C(=O)N(Cc1ccc(N3CCCCC3=O)cc1)c1ccc(Cl)cc12. The van der Waals surface area contributed by atoms with Gasteiger partial charge in [0.15, 0.2) is 13.9 Å². The summed E-state index contributed by atoms with van der Waals surface area (Å²) in [5.41, 5.74) is 1.79. The molecule has 198 valence electrons. The van der Waals surface area contributed by atoms with Crippen LogP contribution in [0.4, 0.5) is 11.4 Å². The minimum Gasteiger partial charge on any atom is -0.432 e. The lowest BCUT2D eigenvalue weighted by atomic mass is 9.82. The number of carbonyl (C=O) groups is 2. The summed E-state index contributed by atoms with van der Waals surface area (Å²) in [5.74, 6) is -0.314. The molecule has 2 saturated heterocycles. The van der Waals surface area contributed by atoms with Crippen LogP contribution in [0.3, 0.4) is 0 Å². The van der Waals surface area contributed by atoms with E-state index in [9.17, 15) is 19.5 Å². The molecule has 9 heteroatoms. The van der Waals surface area contributed by atoms with Crippen molar-refractivity contribution in [1.82, 2.24) is 0 Å². The molecule has 0 aromatic heterocycles. The van der Waals surface area contributed by atoms with Crippen LogP contribution in [-0.4, -0.2) is 49.3 Å². The third-order valence-electron chi connectivity index (χ3n) is 8.27. The van der Waals surface area contributed by atoms with Crippen molar-refractivity contribution in [2.75, 3.05) is 23.0 Å². The summed E-state index contributed by atoms with van der Waals surface area (Å²) >= 11 is 6.42. The van der Waals surface area contributed by atoms with E-state index < -0.39 is 20.0 Å². The highest BCUT2D eigenvalue weighted by Gasteiger charge is 2.66. The Bertz CT molecular complexity index is 1200. The van der Waals surface area contributed by atoms with Crippen molar-refractivity contribution < 1.29 is 24.2 Å². The monoisotopic (exact) mass is 542 g/mol. The van der Waals surface area contributed by atoms with Crippen LogP contribution in [0.1, 0.15) is 43.7 Å². The molecule has 0 unspecified atom stereocenters. The van der Waals surface area contributed by atoms with Gasteiger partial charge in [0.2, 0.25) is 5.91 Å². The van der Waals surface area contributed by atoms with E-state index >= 15 is 0 Å². The lowest BCUT2D eigenvalue weighted by Gasteiger charge is -2.32. The van der Waals surface area contributed by atoms with Gasteiger partial charge in [0.05, 0.1) is 18.3 Å². The van der Waals surface area contributed by atoms with Gasteiger partial charge in [-0.15, -0.1) is 0 Å². The van der Waals surface area contributed by atoms with Crippen molar-refractivity contribution in [3.05, 3.63) is 58.6 Å². The standard InChI is InChI=1S/C28H35ClN2O5Si/c1-18-26(37(2,3)35)24(13-15-32)36-28(18)22-16-20(29)9-12-23(22)31(27(28)34)17-19-7-10-21(11-8-19)30-14-5-4-6-25(30)33/h7-12,16,18,24,26,32,35H,4-6,13-15,17H2,1-3H3/t18-,24+,26-,28+/m1/s1. The van der Waals surface area contributed by atoms with Crippen molar-refractivity contribution in [1.29, 1.82) is 0 Å². The molecule has 0 bridgehead atoms. The number of hydrogen-bond donors (Lipinski definition) is 2. The number of anilines is 2. The van der Waals surface area contributed by atoms with Gasteiger partial charge in [0, 0.05) is 47.3 Å². The summed E-state index contributed by atoms with van der Waals surface area (Å²) in [7, 11) is -2.74. The van der Waals surface area contributed by atoms with Crippen LogP contribution in [0.2, 0.25) is 23.7 Å². The van der Waals surface area contributed by atoms with E-state index in [0.29, 0.717) is 24.4 Å². The van der Waals surface area contributed by atoms with Crippen LogP contribution in [-0.2, 0) is 26.5 Å². The molecule has 2 amide bonds. The Morgan fingerprint density at radius 3 is 2.51 bits per heavy atom. The average molecular weight is 543 g/mol. The molecule has 0 aliphatic carbocycles. The summed E-state index contributed by atoms with van der Waals surface area (Å²) in [6.45, 7) is 6.70. The number of rotatable bonds is 6. The predicted molar refractivity (Wildman–Crippen MR) is 146 cm³/mol. The molecule has 0 saturated carbocycles. The summed E-state index contributed by atoms with van der Waals surface area (Å²) in [6.07, 6.45) is 2.44. The first-order valence-electron chi connectivity index (χ1n) is 13.1. The first-order valence-corrected chi connectivity index (χ1v) is 16.5. The van der Waals surface area contributed by atoms with Crippen molar-refractivity contribution >= 4 is 43.1 Å². The number of hydrogen-bond acceptors (Lipinski definition) is 5. The molecule has 3 aliphatic rings. The minimum absolute atomic E-state index is 0.0827. The Labute approximate surface area is 224 Å². The third kappa shape index (κ3) is 4.42. The number of piperidine rings is 1. The van der Waals surface area contributed by atoms with Crippen molar-refractivity contribution in [3.63, 3.8) is 0 Å². The average Bonchev–Trinajstić information content (AvgIpc) is 3.27. The fraction of sp³-hybridized carbons (Fsp3) is 0.500. The van der Waals surface area contributed by atoms with E-state index in [0.717, 1.165) is 41.9 Å². The molecular formula is C28H35ClN2O5Si. The maximum Gasteiger partial charge on any atom is 0.264 e. The van der Waals surface area contributed by atoms with Gasteiger partial charge in [0.25, 0.3) is 5.91 Å². The number of aliphatic hydroxyl groups is 1. The lowest BCUT2D eigenvalue weighted by molar-refractivity contribution is -0.146. The molecule has 3 aliphatic heterocycles. The van der Waals surface area contributed by atoms with Crippen LogP contribution >= 0.6 is 11.6 Å². The normalized spacial score (nSPS) is 27.9. The Morgan fingerprint density at radius 2 is 1.86 bits per heavy atom. The van der Waals surface area contributed by atoms with E-state index in [-0.39, 0.29) is 29.9 Å². The van der Waals surface area contributed by atoms with Crippen LogP contribution < -0.4 is 9.80 Å². The van der Waals surface area contributed by atoms with Crippen LogP contribution in [0, 0.1) is 5.92 Å². The van der Waals surface area contributed by atoms with E-state index in [2.05, 4.69) is 0 Å². The molecule has 2 aromatic carbocycles. The van der Waals surface area contributed by atoms with Gasteiger partial charge in [-0.2, -0.15) is 0 Å². The molecule has 7 nitrogen and oxygen atoms in total. The second kappa shape index (κ2) is 9.82. The zero-order chi connectivity index (χ0) is 26.5. The smallest absolute Gasteiger partial charge is 0.264 e. The number of amides is 2. The Balaban J connectivity index is 1.49. The largest absolute Gasteiger partial charge is 0.432 e. The molecule has 2 N–H and O–H groups in total. The maximum absolute atomic E-state index is 14.3. The second-order valence-electron chi connectivity index (χ2n) is 11.1. The molecular weight excluding hydrogens is 508 g/mol. The zero-order valence-electron chi connectivity index (χ0n) is 21.6. The second-order valence-corrected chi connectivity index (χ2v) is 15.5. The number of benzene rings is 2. The first-order chi connectivity index (χ1) is 17.6. The molecule has 5 rings (SSSR count). The molecule has 0 radical (unpaired) electrons. The summed E-state index contributed by atoms with van der Waals surface area (Å²) in [4.78, 5) is 41.3. The van der Waals surface area contributed by atoms with Crippen LogP contribution in [0.15, 0.2) is 42.5 Å². The predicted octanol–water partition coefficient (Wildman–Crippen LogP) is 4.58. The topological polar surface area (TPSA) is 90.3 Å². The Kier molecular flexibility index (Phi) is 7.00. The number of halogens is 1. The van der Waals surface area contributed by atoms with Gasteiger partial charge < -0.3 is 24.4 Å². The van der Waals surface area contributed by atoms with E-state index in [1.807, 2.05) is 55.2 Å². The van der Waals surface area contributed by atoms with Crippen molar-refractivity contribution in [3.8, 4) is 0 Å². The van der Waals surface area contributed by atoms with E-state index in [1.165, 1.54) is 0 Å². The van der Waals surface area contributed by atoms with Crippen LogP contribution in [0.5, 0.6) is 0 Å². The highest BCUT2D eigenvalue weighted by atomic mass is 35.5. The maximum atomic E-state index is 14.3. The van der Waals surface area contributed by atoms with Gasteiger partial charge in [-0.3, -0.25) is 9.59 Å².